The summed E-state index contributed by atoms with van der Waals surface area (Å²) in [5.74, 6) is -0.791. The van der Waals surface area contributed by atoms with E-state index >= 15 is 0 Å². The van der Waals surface area contributed by atoms with Gasteiger partial charge in [-0.1, -0.05) is 24.2 Å². The summed E-state index contributed by atoms with van der Waals surface area (Å²) >= 11 is 0. The lowest BCUT2D eigenvalue weighted by Crippen LogP contribution is -2.53. The van der Waals surface area contributed by atoms with Crippen molar-refractivity contribution in [2.45, 2.75) is 25.8 Å². The fourth-order valence-electron chi connectivity index (χ4n) is 2.45. The quantitative estimate of drug-likeness (QED) is 0.434. The molecule has 104 valence electrons. The molecular weight excluding hydrogens is 255 g/mol. The molecule has 6 heteroatoms. The van der Waals surface area contributed by atoms with Crippen molar-refractivity contribution in [2.24, 2.45) is 0 Å². The summed E-state index contributed by atoms with van der Waals surface area (Å²) in [5, 5.41) is 2.29. The van der Waals surface area contributed by atoms with E-state index < -0.39 is 6.04 Å². The molecule has 1 atom stereocenters. The number of allylic oxidation sites excluding steroid dienone is 2. The lowest BCUT2D eigenvalue weighted by atomic mass is 9.93. The summed E-state index contributed by atoms with van der Waals surface area (Å²) in [6.07, 6.45) is 4.29. The van der Waals surface area contributed by atoms with Gasteiger partial charge < -0.3 is 4.90 Å². The highest BCUT2D eigenvalue weighted by Gasteiger charge is 2.38. The Labute approximate surface area is 118 Å². The molecule has 20 heavy (non-hydrogen) atoms. The zero-order valence-electron chi connectivity index (χ0n) is 11.7. The van der Waals surface area contributed by atoms with Gasteiger partial charge in [0.1, 0.15) is 13.9 Å². The number of amides is 3. The summed E-state index contributed by atoms with van der Waals surface area (Å²) in [7, 11) is 1.91. The maximum absolute atomic E-state index is 12.3. The number of nitrogens with one attached hydrogen (secondary N) is 1. The van der Waals surface area contributed by atoms with Crippen LogP contribution in [0, 0.1) is 0 Å². The Bertz CT molecular complexity index is 563. The first-order valence-corrected chi connectivity index (χ1v) is 6.59. The van der Waals surface area contributed by atoms with Gasteiger partial charge in [-0.25, -0.2) is 0 Å². The van der Waals surface area contributed by atoms with Crippen LogP contribution in [0.5, 0.6) is 0 Å². The maximum atomic E-state index is 12.3. The van der Waals surface area contributed by atoms with Gasteiger partial charge in [-0.3, -0.25) is 19.7 Å². The molecule has 2 heterocycles. The molecule has 1 unspecified atom stereocenters. The molecule has 5 nitrogen and oxygen atoms in total. The molecule has 1 fully saturated rings. The monoisotopic (exact) mass is 272 g/mol. The van der Waals surface area contributed by atoms with Crippen molar-refractivity contribution in [2.75, 3.05) is 6.54 Å². The first-order chi connectivity index (χ1) is 9.43. The molecular formula is C14H17BN2O3. The van der Waals surface area contributed by atoms with E-state index in [1.807, 2.05) is 13.9 Å². The second kappa shape index (κ2) is 5.49. The largest absolute Gasteiger partial charge is 0.323 e. The van der Waals surface area contributed by atoms with Crippen LogP contribution in [0.3, 0.4) is 0 Å². The Balaban J connectivity index is 2.18. The van der Waals surface area contributed by atoms with Gasteiger partial charge in [0, 0.05) is 18.5 Å². The van der Waals surface area contributed by atoms with Crippen molar-refractivity contribution in [3.05, 3.63) is 35.3 Å². The molecule has 0 spiro atoms. The number of piperidine rings is 1. The van der Waals surface area contributed by atoms with Crippen LogP contribution in [0.25, 0.3) is 0 Å². The summed E-state index contributed by atoms with van der Waals surface area (Å²) < 4.78 is 0. The molecule has 1 N–H and O–H groups in total. The SMILES string of the molecule is B/C(C=C)=C/C1=C(C)C(=O)N(C2CCC(=O)NC2=O)C1. The van der Waals surface area contributed by atoms with E-state index in [0.29, 0.717) is 18.5 Å². The van der Waals surface area contributed by atoms with Crippen LogP contribution in [0.15, 0.2) is 35.3 Å². The number of imide groups is 1. The molecule has 0 radical (unpaired) electrons. The lowest BCUT2D eigenvalue weighted by molar-refractivity contribution is -0.142. The first-order valence-electron chi connectivity index (χ1n) is 6.59. The van der Waals surface area contributed by atoms with E-state index in [-0.39, 0.29) is 24.1 Å². The first kappa shape index (κ1) is 14.3. The van der Waals surface area contributed by atoms with Crippen LogP contribution >= 0.6 is 0 Å². The van der Waals surface area contributed by atoms with E-state index in [2.05, 4.69) is 11.9 Å². The number of hydrogen-bond donors (Lipinski definition) is 1. The lowest BCUT2D eigenvalue weighted by Gasteiger charge is -2.29. The third-order valence-electron chi connectivity index (χ3n) is 3.71. The molecule has 2 aliphatic rings. The Morgan fingerprint density at radius 3 is 2.75 bits per heavy atom. The second-order valence-electron chi connectivity index (χ2n) is 5.14. The van der Waals surface area contributed by atoms with Crippen molar-refractivity contribution in [3.8, 4) is 0 Å². The summed E-state index contributed by atoms with van der Waals surface area (Å²) in [4.78, 5) is 36.8. The van der Waals surface area contributed by atoms with E-state index in [4.69, 9.17) is 0 Å². The predicted octanol–water partition coefficient (Wildman–Crippen LogP) is -0.347. The van der Waals surface area contributed by atoms with Crippen LogP contribution < -0.4 is 5.32 Å². The Hall–Kier alpha value is -2.11. The van der Waals surface area contributed by atoms with Gasteiger partial charge in [0.25, 0.3) is 5.91 Å². The average Bonchev–Trinajstić information content (AvgIpc) is 2.67. The highest BCUT2D eigenvalue weighted by atomic mass is 16.2. The molecule has 0 aromatic heterocycles. The molecule has 0 saturated carbocycles. The summed E-state index contributed by atoms with van der Waals surface area (Å²) in [6, 6.07) is -0.551. The van der Waals surface area contributed by atoms with Gasteiger partial charge in [-0.2, -0.15) is 0 Å². The van der Waals surface area contributed by atoms with E-state index in [1.165, 1.54) is 0 Å². The van der Waals surface area contributed by atoms with Crippen LogP contribution in [0.1, 0.15) is 19.8 Å². The summed E-state index contributed by atoms with van der Waals surface area (Å²) in [5.41, 5.74) is 2.52. The molecule has 0 bridgehead atoms. The third-order valence-corrected chi connectivity index (χ3v) is 3.71. The average molecular weight is 272 g/mol. The second-order valence-corrected chi connectivity index (χ2v) is 5.14. The highest BCUT2D eigenvalue weighted by molar-refractivity contribution is 6.23. The summed E-state index contributed by atoms with van der Waals surface area (Å²) in [6.45, 7) is 5.85. The number of rotatable bonds is 3. The molecule has 2 rings (SSSR count). The number of carbonyl (C=O) groups is 3. The molecule has 0 aromatic rings. The van der Waals surface area contributed by atoms with Gasteiger partial charge in [0.05, 0.1) is 0 Å². The van der Waals surface area contributed by atoms with Crippen molar-refractivity contribution < 1.29 is 14.4 Å². The Kier molecular flexibility index (Phi) is 3.92. The topological polar surface area (TPSA) is 66.5 Å². The van der Waals surface area contributed by atoms with Crippen LogP contribution in [0.4, 0.5) is 0 Å². The van der Waals surface area contributed by atoms with Crippen molar-refractivity contribution >= 4 is 25.6 Å². The van der Waals surface area contributed by atoms with Crippen molar-refractivity contribution in [3.63, 3.8) is 0 Å². The number of nitrogens with zero attached hydrogens (tertiary/aromatic N) is 1. The van der Waals surface area contributed by atoms with Gasteiger partial charge in [0.15, 0.2) is 0 Å². The third kappa shape index (κ3) is 2.59. The maximum Gasteiger partial charge on any atom is 0.250 e. The number of hydrogen-bond acceptors (Lipinski definition) is 3. The van der Waals surface area contributed by atoms with Crippen molar-refractivity contribution in [1.82, 2.24) is 10.2 Å². The van der Waals surface area contributed by atoms with Gasteiger partial charge >= 0.3 is 0 Å². The normalized spacial score (nSPS) is 24.2. The van der Waals surface area contributed by atoms with Gasteiger partial charge in [0.2, 0.25) is 11.8 Å². The molecule has 1 saturated heterocycles. The molecule has 0 aliphatic carbocycles. The van der Waals surface area contributed by atoms with Crippen LogP contribution in [-0.4, -0.2) is 43.1 Å². The Morgan fingerprint density at radius 2 is 2.15 bits per heavy atom. The molecule has 2 aliphatic heterocycles. The minimum absolute atomic E-state index is 0.136. The minimum Gasteiger partial charge on any atom is -0.323 e. The number of carbonyl (C=O) groups excluding carboxylic acids is 3. The molecule has 3 amide bonds. The predicted molar refractivity (Wildman–Crippen MR) is 77.4 cm³/mol. The molecule has 0 aromatic carbocycles. The highest BCUT2D eigenvalue weighted by Crippen LogP contribution is 2.25. The minimum atomic E-state index is -0.551. The van der Waals surface area contributed by atoms with E-state index in [9.17, 15) is 14.4 Å². The van der Waals surface area contributed by atoms with Crippen LogP contribution in [0.2, 0.25) is 0 Å². The van der Waals surface area contributed by atoms with Crippen LogP contribution in [-0.2, 0) is 14.4 Å². The smallest absolute Gasteiger partial charge is 0.250 e. The standard InChI is InChI=1S/C14H17BN2O3/c1-3-10(15)6-9-7-17(14(20)8(9)2)11-4-5-12(18)16-13(11)19/h3,6,11H,1,4-5,7,15H2,2H3,(H,16,18,19)/b10-6+. The van der Waals surface area contributed by atoms with Crippen molar-refractivity contribution in [1.29, 1.82) is 0 Å². The fraction of sp³-hybridized carbons (Fsp3) is 0.357. The van der Waals surface area contributed by atoms with Gasteiger partial charge in [-0.15, -0.1) is 0 Å². The van der Waals surface area contributed by atoms with E-state index in [1.54, 1.807) is 17.9 Å². The fourth-order valence-corrected chi connectivity index (χ4v) is 2.45. The Morgan fingerprint density at radius 1 is 1.45 bits per heavy atom. The van der Waals surface area contributed by atoms with Gasteiger partial charge in [-0.05, 0) is 18.9 Å². The zero-order chi connectivity index (χ0) is 14.9. The van der Waals surface area contributed by atoms with E-state index in [0.717, 1.165) is 11.0 Å². The zero-order valence-corrected chi connectivity index (χ0v) is 11.7.